The summed E-state index contributed by atoms with van der Waals surface area (Å²) in [5.41, 5.74) is 2.88. The van der Waals surface area contributed by atoms with Crippen LogP contribution in [0, 0.1) is 0 Å². The molecule has 2 aromatic rings. The molecule has 5 heteroatoms. The molecule has 0 aliphatic heterocycles. The number of amides is 1. The number of hydrogen-bond donors (Lipinski definition) is 3. The number of benzene rings is 1. The number of anilines is 1. The lowest BCUT2D eigenvalue weighted by Gasteiger charge is -1.98. The first-order valence-corrected chi connectivity index (χ1v) is 5.67. The molecule has 0 fully saturated rings. The maximum atomic E-state index is 10.5. The van der Waals surface area contributed by atoms with E-state index in [1.54, 1.807) is 0 Å². The molecule has 0 saturated heterocycles. The lowest BCUT2D eigenvalue weighted by Crippen LogP contribution is -2.08. The summed E-state index contributed by atoms with van der Waals surface area (Å²) in [6, 6.07) is 5.96. The Kier molecular flexibility index (Phi) is 3.27. The first-order chi connectivity index (χ1) is 8.19. The van der Waals surface area contributed by atoms with E-state index >= 15 is 0 Å². The van der Waals surface area contributed by atoms with Gasteiger partial charge >= 0.3 is 6.09 Å². The molecule has 0 atom stereocenters. The second kappa shape index (κ2) is 4.86. The molecule has 17 heavy (non-hydrogen) atoms. The molecule has 90 valence electrons. The van der Waals surface area contributed by atoms with E-state index < -0.39 is 6.09 Å². The van der Waals surface area contributed by atoms with Crippen molar-refractivity contribution in [2.45, 2.75) is 26.2 Å². The van der Waals surface area contributed by atoms with Crippen molar-refractivity contribution in [3.05, 3.63) is 23.8 Å². The second-order valence-electron chi connectivity index (χ2n) is 3.97. The molecule has 0 aliphatic rings. The summed E-state index contributed by atoms with van der Waals surface area (Å²) in [7, 11) is 0. The Bertz CT molecular complexity index is 534. The standard InChI is InChI=1S/C12H15N3O2/c1-2-3-4-8-5-6-9-10(7-8)14-11(13-9)15-12(16)17/h5-7H,2-4H2,1H3,(H,16,17)(H2,13,14,15). The minimum atomic E-state index is -1.12. The fraction of sp³-hybridized carbons (Fsp3) is 0.333. The molecular formula is C12H15N3O2. The average molecular weight is 233 g/mol. The van der Waals surface area contributed by atoms with E-state index in [0.29, 0.717) is 0 Å². The fourth-order valence-corrected chi connectivity index (χ4v) is 1.75. The molecule has 0 aliphatic carbocycles. The van der Waals surface area contributed by atoms with Gasteiger partial charge in [-0.15, -0.1) is 0 Å². The lowest BCUT2D eigenvalue weighted by atomic mass is 10.1. The summed E-state index contributed by atoms with van der Waals surface area (Å²) in [5, 5.41) is 10.8. The van der Waals surface area contributed by atoms with Crippen molar-refractivity contribution in [1.29, 1.82) is 0 Å². The van der Waals surface area contributed by atoms with E-state index in [4.69, 9.17) is 5.11 Å². The van der Waals surface area contributed by atoms with Crippen LogP contribution in [0.1, 0.15) is 25.3 Å². The minimum absolute atomic E-state index is 0.264. The number of rotatable bonds is 4. The van der Waals surface area contributed by atoms with Crippen LogP contribution in [-0.2, 0) is 6.42 Å². The topological polar surface area (TPSA) is 78.0 Å². The van der Waals surface area contributed by atoms with E-state index in [1.807, 2.05) is 18.2 Å². The molecule has 3 N–H and O–H groups in total. The minimum Gasteiger partial charge on any atom is -0.465 e. The zero-order valence-corrected chi connectivity index (χ0v) is 9.66. The number of unbranched alkanes of at least 4 members (excludes halogenated alkanes) is 1. The Hall–Kier alpha value is -2.04. The number of aryl methyl sites for hydroxylation is 1. The number of aromatic nitrogens is 2. The molecular weight excluding hydrogens is 218 g/mol. The number of hydrogen-bond acceptors (Lipinski definition) is 2. The Balaban J connectivity index is 2.24. The molecule has 1 heterocycles. The van der Waals surface area contributed by atoms with Gasteiger partial charge in [0, 0.05) is 0 Å². The van der Waals surface area contributed by atoms with Crippen molar-refractivity contribution in [2.75, 3.05) is 5.32 Å². The van der Waals surface area contributed by atoms with Crippen LogP contribution in [0.25, 0.3) is 11.0 Å². The van der Waals surface area contributed by atoms with Gasteiger partial charge in [0.05, 0.1) is 11.0 Å². The SMILES string of the molecule is CCCCc1ccc2nc(NC(=O)O)[nH]c2c1. The predicted octanol–water partition coefficient (Wildman–Crippen LogP) is 3.00. The van der Waals surface area contributed by atoms with E-state index in [1.165, 1.54) is 5.56 Å². The maximum Gasteiger partial charge on any atom is 0.411 e. The van der Waals surface area contributed by atoms with Gasteiger partial charge in [-0.25, -0.2) is 9.78 Å². The third kappa shape index (κ3) is 2.75. The van der Waals surface area contributed by atoms with Gasteiger partial charge in [-0.05, 0) is 30.5 Å². The number of H-pyrrole nitrogens is 1. The van der Waals surface area contributed by atoms with Crippen LogP contribution in [-0.4, -0.2) is 21.2 Å². The molecule has 0 bridgehead atoms. The van der Waals surface area contributed by atoms with E-state index in [-0.39, 0.29) is 5.95 Å². The molecule has 1 amide bonds. The fourth-order valence-electron chi connectivity index (χ4n) is 1.75. The van der Waals surface area contributed by atoms with E-state index in [2.05, 4.69) is 22.2 Å². The number of imidazole rings is 1. The molecule has 0 unspecified atom stereocenters. The van der Waals surface area contributed by atoms with Crippen LogP contribution in [0.5, 0.6) is 0 Å². The van der Waals surface area contributed by atoms with Crippen molar-refractivity contribution in [1.82, 2.24) is 9.97 Å². The number of nitrogens with one attached hydrogen (secondary N) is 2. The quantitative estimate of drug-likeness (QED) is 0.759. The molecule has 1 aromatic heterocycles. The van der Waals surface area contributed by atoms with Gasteiger partial charge < -0.3 is 10.1 Å². The molecule has 0 spiro atoms. The number of fused-ring (bicyclic) bond motifs is 1. The van der Waals surface area contributed by atoms with Crippen molar-refractivity contribution >= 4 is 23.1 Å². The summed E-state index contributed by atoms with van der Waals surface area (Å²) in [6.45, 7) is 2.16. The van der Waals surface area contributed by atoms with Crippen molar-refractivity contribution < 1.29 is 9.90 Å². The first-order valence-electron chi connectivity index (χ1n) is 5.67. The Labute approximate surface area is 98.9 Å². The zero-order chi connectivity index (χ0) is 12.3. The van der Waals surface area contributed by atoms with E-state index in [0.717, 1.165) is 30.3 Å². The summed E-state index contributed by atoms with van der Waals surface area (Å²) in [4.78, 5) is 17.6. The highest BCUT2D eigenvalue weighted by Crippen LogP contribution is 2.17. The second-order valence-corrected chi connectivity index (χ2v) is 3.97. The number of carbonyl (C=O) groups is 1. The molecule has 2 rings (SSSR count). The summed E-state index contributed by atoms with van der Waals surface area (Å²) in [5.74, 6) is 0.264. The Morgan fingerprint density at radius 1 is 1.53 bits per heavy atom. The average Bonchev–Trinajstić information content (AvgIpc) is 2.66. The monoisotopic (exact) mass is 233 g/mol. The highest BCUT2D eigenvalue weighted by Gasteiger charge is 2.05. The number of nitrogens with zero attached hydrogens (tertiary/aromatic N) is 1. The van der Waals surface area contributed by atoms with Crippen LogP contribution in [0.4, 0.5) is 10.7 Å². The van der Waals surface area contributed by atoms with Gasteiger partial charge in [0.15, 0.2) is 0 Å². The third-order valence-electron chi connectivity index (χ3n) is 2.59. The Morgan fingerprint density at radius 2 is 2.35 bits per heavy atom. The third-order valence-corrected chi connectivity index (χ3v) is 2.59. The van der Waals surface area contributed by atoms with Gasteiger partial charge in [0.2, 0.25) is 5.95 Å². The highest BCUT2D eigenvalue weighted by atomic mass is 16.4. The molecule has 0 radical (unpaired) electrons. The lowest BCUT2D eigenvalue weighted by molar-refractivity contribution is 0.209. The smallest absolute Gasteiger partial charge is 0.411 e. The van der Waals surface area contributed by atoms with Crippen LogP contribution in [0.2, 0.25) is 0 Å². The highest BCUT2D eigenvalue weighted by molar-refractivity contribution is 5.85. The first kappa shape index (κ1) is 11.4. The van der Waals surface area contributed by atoms with Crippen LogP contribution in [0.3, 0.4) is 0 Å². The Morgan fingerprint density at radius 3 is 3.06 bits per heavy atom. The number of aromatic amines is 1. The molecule has 0 saturated carbocycles. The van der Waals surface area contributed by atoms with Crippen molar-refractivity contribution in [3.8, 4) is 0 Å². The van der Waals surface area contributed by atoms with Gasteiger partial charge in [0.25, 0.3) is 0 Å². The zero-order valence-electron chi connectivity index (χ0n) is 9.66. The molecule has 5 nitrogen and oxygen atoms in total. The van der Waals surface area contributed by atoms with Gasteiger partial charge in [-0.3, -0.25) is 5.32 Å². The predicted molar refractivity (Wildman–Crippen MR) is 66.4 cm³/mol. The molecule has 1 aromatic carbocycles. The van der Waals surface area contributed by atoms with Crippen LogP contribution < -0.4 is 5.32 Å². The number of carboxylic acid groups (broad SMARTS) is 1. The van der Waals surface area contributed by atoms with Crippen molar-refractivity contribution in [2.24, 2.45) is 0 Å². The largest absolute Gasteiger partial charge is 0.465 e. The normalized spacial score (nSPS) is 10.6. The van der Waals surface area contributed by atoms with Gasteiger partial charge in [-0.1, -0.05) is 19.4 Å². The van der Waals surface area contributed by atoms with Crippen LogP contribution >= 0.6 is 0 Å². The summed E-state index contributed by atoms with van der Waals surface area (Å²) in [6.07, 6.45) is 2.23. The summed E-state index contributed by atoms with van der Waals surface area (Å²) >= 11 is 0. The maximum absolute atomic E-state index is 10.5. The van der Waals surface area contributed by atoms with Gasteiger partial charge in [0.1, 0.15) is 0 Å². The van der Waals surface area contributed by atoms with E-state index in [9.17, 15) is 4.79 Å². The van der Waals surface area contributed by atoms with Crippen LogP contribution in [0.15, 0.2) is 18.2 Å². The van der Waals surface area contributed by atoms with Gasteiger partial charge in [-0.2, -0.15) is 0 Å². The summed E-state index contributed by atoms with van der Waals surface area (Å²) < 4.78 is 0. The van der Waals surface area contributed by atoms with Crippen molar-refractivity contribution in [3.63, 3.8) is 0 Å².